The summed E-state index contributed by atoms with van der Waals surface area (Å²) in [5.74, 6) is -0.130. The van der Waals surface area contributed by atoms with E-state index in [9.17, 15) is 18.0 Å². The van der Waals surface area contributed by atoms with Gasteiger partial charge in [-0.1, -0.05) is 18.0 Å². The summed E-state index contributed by atoms with van der Waals surface area (Å²) in [6.07, 6.45) is 5.11. The molecule has 2 amide bonds. The third-order valence-corrected chi connectivity index (χ3v) is 10.2. The van der Waals surface area contributed by atoms with Crippen LogP contribution in [0.1, 0.15) is 43.2 Å². The van der Waals surface area contributed by atoms with Crippen molar-refractivity contribution in [2.24, 2.45) is 0 Å². The van der Waals surface area contributed by atoms with Gasteiger partial charge in [0.2, 0.25) is 21.8 Å². The standard InChI is InChI=1S/C23H27ClN4O4S2/c1-16(29)26-10-7-23(14-26)15-28(22(30)12-21-25-13-20(24)33-21)19-6-5-17(11-18(19)23)34(31,32)27-8-3-2-4-9-27/h5-6,11,13H,2-4,7-10,12,14-15H2,1H3. The fraction of sp³-hybridized carbons (Fsp3) is 0.522. The number of carbonyl (C=O) groups is 2. The van der Waals surface area contributed by atoms with Gasteiger partial charge >= 0.3 is 0 Å². The number of likely N-dealkylation sites (tertiary alicyclic amines) is 1. The highest BCUT2D eigenvalue weighted by Gasteiger charge is 2.50. The fourth-order valence-electron chi connectivity index (χ4n) is 5.37. The number of sulfonamides is 1. The molecule has 3 aliphatic rings. The third kappa shape index (κ3) is 4.14. The van der Waals surface area contributed by atoms with Gasteiger partial charge in [-0.25, -0.2) is 13.4 Å². The van der Waals surface area contributed by atoms with Crippen LogP contribution in [0.2, 0.25) is 4.34 Å². The zero-order valence-electron chi connectivity index (χ0n) is 19.0. The zero-order valence-corrected chi connectivity index (χ0v) is 21.4. The summed E-state index contributed by atoms with van der Waals surface area (Å²) in [5.41, 5.74) is 1.07. The Morgan fingerprint density at radius 3 is 2.56 bits per heavy atom. The maximum atomic E-state index is 13.4. The molecule has 0 aliphatic carbocycles. The van der Waals surface area contributed by atoms with E-state index in [2.05, 4.69) is 4.98 Å². The summed E-state index contributed by atoms with van der Waals surface area (Å²) in [6.45, 7) is 4.07. The van der Waals surface area contributed by atoms with Crippen LogP contribution >= 0.6 is 22.9 Å². The van der Waals surface area contributed by atoms with E-state index in [0.717, 1.165) is 30.5 Å². The first-order valence-corrected chi connectivity index (χ1v) is 14.1. The highest BCUT2D eigenvalue weighted by molar-refractivity contribution is 7.89. The maximum absolute atomic E-state index is 13.4. The number of anilines is 1. The quantitative estimate of drug-likeness (QED) is 0.615. The molecular weight excluding hydrogens is 496 g/mol. The number of halogens is 1. The summed E-state index contributed by atoms with van der Waals surface area (Å²) in [5, 5.41) is 0.638. The number of carbonyl (C=O) groups excluding carboxylic acids is 2. The van der Waals surface area contributed by atoms with Crippen molar-refractivity contribution in [3.63, 3.8) is 0 Å². The number of fused-ring (bicyclic) bond motifs is 2. The van der Waals surface area contributed by atoms with Crippen LogP contribution in [0.4, 0.5) is 5.69 Å². The van der Waals surface area contributed by atoms with Crippen LogP contribution in [-0.2, 0) is 31.4 Å². The van der Waals surface area contributed by atoms with Crippen LogP contribution < -0.4 is 4.90 Å². The predicted octanol–water partition coefficient (Wildman–Crippen LogP) is 3.05. The van der Waals surface area contributed by atoms with Crippen molar-refractivity contribution in [3.8, 4) is 0 Å². The van der Waals surface area contributed by atoms with Gasteiger partial charge in [0.05, 0.1) is 17.5 Å². The van der Waals surface area contributed by atoms with E-state index in [1.54, 1.807) is 39.2 Å². The number of hydrogen-bond donors (Lipinski definition) is 0. The molecule has 3 aliphatic heterocycles. The SMILES string of the molecule is CC(=O)N1CCC2(C1)CN(C(=O)Cc1ncc(Cl)s1)c1ccc(S(=O)(=O)N3CCCCC3)cc12. The number of benzene rings is 1. The van der Waals surface area contributed by atoms with Gasteiger partial charge in [0.1, 0.15) is 9.34 Å². The molecule has 2 aromatic rings. The second-order valence-electron chi connectivity index (χ2n) is 9.33. The van der Waals surface area contributed by atoms with Gasteiger partial charge in [0.25, 0.3) is 0 Å². The van der Waals surface area contributed by atoms with Gasteiger partial charge in [-0.3, -0.25) is 9.59 Å². The van der Waals surface area contributed by atoms with Crippen molar-refractivity contribution in [2.45, 2.75) is 49.3 Å². The predicted molar refractivity (Wildman–Crippen MR) is 131 cm³/mol. The molecule has 0 N–H and O–H groups in total. The first-order valence-electron chi connectivity index (χ1n) is 11.5. The highest BCUT2D eigenvalue weighted by atomic mass is 35.5. The summed E-state index contributed by atoms with van der Waals surface area (Å²) < 4.78 is 28.9. The Balaban J connectivity index is 1.52. The molecule has 1 atom stereocenters. The minimum absolute atomic E-state index is 0.0160. The van der Waals surface area contributed by atoms with E-state index < -0.39 is 15.4 Å². The Labute approximate surface area is 208 Å². The molecular formula is C23H27ClN4O4S2. The van der Waals surface area contributed by atoms with Gasteiger partial charge in [0, 0.05) is 50.7 Å². The zero-order chi connectivity index (χ0) is 24.1. The number of piperidine rings is 1. The van der Waals surface area contributed by atoms with Gasteiger partial charge in [0.15, 0.2) is 0 Å². The number of aromatic nitrogens is 1. The van der Waals surface area contributed by atoms with Crippen molar-refractivity contribution in [2.75, 3.05) is 37.6 Å². The average Bonchev–Trinajstić information content (AvgIpc) is 3.52. The van der Waals surface area contributed by atoms with Gasteiger partial charge in [-0.2, -0.15) is 4.31 Å². The van der Waals surface area contributed by atoms with Crippen LogP contribution in [0.25, 0.3) is 0 Å². The van der Waals surface area contributed by atoms with Gasteiger partial charge in [-0.15, -0.1) is 11.3 Å². The van der Waals surface area contributed by atoms with Crippen molar-refractivity contribution in [3.05, 3.63) is 39.3 Å². The first-order chi connectivity index (χ1) is 16.2. The molecule has 34 heavy (non-hydrogen) atoms. The van der Waals surface area contributed by atoms with Crippen LogP contribution in [-0.4, -0.2) is 67.1 Å². The minimum atomic E-state index is -3.62. The molecule has 0 radical (unpaired) electrons. The molecule has 4 heterocycles. The molecule has 182 valence electrons. The van der Waals surface area contributed by atoms with Crippen molar-refractivity contribution in [1.82, 2.24) is 14.2 Å². The summed E-state index contributed by atoms with van der Waals surface area (Å²) in [7, 11) is -3.62. The van der Waals surface area contributed by atoms with Crippen LogP contribution in [0.5, 0.6) is 0 Å². The van der Waals surface area contributed by atoms with E-state index in [-0.39, 0.29) is 23.1 Å². The molecule has 0 bridgehead atoms. The van der Waals surface area contributed by atoms with E-state index in [1.165, 1.54) is 17.5 Å². The molecule has 0 saturated carbocycles. The molecule has 11 heteroatoms. The largest absolute Gasteiger partial charge is 0.342 e. The van der Waals surface area contributed by atoms with Crippen LogP contribution in [0, 0.1) is 0 Å². The molecule has 1 aromatic heterocycles. The topological polar surface area (TPSA) is 90.9 Å². The first kappa shape index (κ1) is 23.7. The molecule has 5 rings (SSSR count). The van der Waals surface area contributed by atoms with E-state index >= 15 is 0 Å². The summed E-state index contributed by atoms with van der Waals surface area (Å²) in [6, 6.07) is 5.11. The normalized spacial score (nSPS) is 23.0. The van der Waals surface area contributed by atoms with Crippen molar-refractivity contribution in [1.29, 1.82) is 0 Å². The van der Waals surface area contributed by atoms with E-state index in [1.807, 2.05) is 0 Å². The number of thiazole rings is 1. The Bertz CT molecular complexity index is 1240. The molecule has 8 nitrogen and oxygen atoms in total. The van der Waals surface area contributed by atoms with Crippen molar-refractivity contribution >= 4 is 50.5 Å². The number of rotatable bonds is 4. The number of nitrogens with zero attached hydrogens (tertiary/aromatic N) is 4. The van der Waals surface area contributed by atoms with Crippen LogP contribution in [0.15, 0.2) is 29.3 Å². The lowest BCUT2D eigenvalue weighted by Crippen LogP contribution is -2.40. The van der Waals surface area contributed by atoms with Crippen LogP contribution in [0.3, 0.4) is 0 Å². The number of hydrogen-bond acceptors (Lipinski definition) is 6. The monoisotopic (exact) mass is 522 g/mol. The lowest BCUT2D eigenvalue weighted by atomic mass is 9.81. The Morgan fingerprint density at radius 2 is 1.91 bits per heavy atom. The van der Waals surface area contributed by atoms with Gasteiger partial charge < -0.3 is 9.80 Å². The Hall–Kier alpha value is -2.01. The molecule has 1 unspecified atom stereocenters. The molecule has 1 spiro atoms. The molecule has 1 aromatic carbocycles. The molecule has 2 fully saturated rings. The summed E-state index contributed by atoms with van der Waals surface area (Å²) >= 11 is 7.26. The average molecular weight is 523 g/mol. The lowest BCUT2D eigenvalue weighted by molar-refractivity contribution is -0.127. The Morgan fingerprint density at radius 1 is 1.15 bits per heavy atom. The van der Waals surface area contributed by atoms with Crippen molar-refractivity contribution < 1.29 is 18.0 Å². The third-order valence-electron chi connectivity index (χ3n) is 7.17. The molecule has 2 saturated heterocycles. The van der Waals surface area contributed by atoms with Gasteiger partial charge in [-0.05, 0) is 43.0 Å². The minimum Gasteiger partial charge on any atom is -0.342 e. The highest BCUT2D eigenvalue weighted by Crippen LogP contribution is 2.47. The fourth-order valence-corrected chi connectivity index (χ4v) is 7.86. The smallest absolute Gasteiger partial charge is 0.243 e. The number of amides is 2. The summed E-state index contributed by atoms with van der Waals surface area (Å²) in [4.78, 5) is 33.4. The lowest BCUT2D eigenvalue weighted by Gasteiger charge is -2.27. The second kappa shape index (κ2) is 8.89. The van der Waals surface area contributed by atoms with E-state index in [4.69, 9.17) is 11.6 Å². The second-order valence-corrected chi connectivity index (χ2v) is 13.0. The Kier molecular flexibility index (Phi) is 6.20. The maximum Gasteiger partial charge on any atom is 0.243 e. The van der Waals surface area contributed by atoms with E-state index in [0.29, 0.717) is 48.5 Å².